The Morgan fingerprint density at radius 2 is 1.86 bits per heavy atom. The van der Waals surface area contributed by atoms with E-state index in [-0.39, 0.29) is 18.0 Å². The lowest BCUT2D eigenvalue weighted by atomic mass is 10.1. The molecule has 0 aliphatic carbocycles. The van der Waals surface area contributed by atoms with E-state index >= 15 is 0 Å². The van der Waals surface area contributed by atoms with Crippen molar-refractivity contribution in [3.63, 3.8) is 0 Å². The van der Waals surface area contributed by atoms with Gasteiger partial charge in [-0.25, -0.2) is 4.79 Å². The summed E-state index contributed by atoms with van der Waals surface area (Å²) >= 11 is 0. The van der Waals surface area contributed by atoms with Crippen molar-refractivity contribution >= 4 is 11.9 Å². The number of hydrogen-bond donors (Lipinski definition) is 1. The first-order valence-corrected chi connectivity index (χ1v) is 7.84. The smallest absolute Gasteiger partial charge is 0.324 e. The van der Waals surface area contributed by atoms with Crippen molar-refractivity contribution in [2.24, 2.45) is 0 Å². The van der Waals surface area contributed by atoms with Gasteiger partial charge in [0.2, 0.25) is 0 Å². The maximum atomic E-state index is 12.1. The number of rotatable bonds is 7. The molecule has 2 rings (SSSR count). The first kappa shape index (κ1) is 16.3. The number of ether oxygens (including phenoxy) is 1. The van der Waals surface area contributed by atoms with Crippen molar-refractivity contribution in [2.45, 2.75) is 46.1 Å². The standard InChI is InChI=1S/C17H24N2O3/c1-4-6-15-16(20)19(17(21)18-15)7-5-8-22-14-10-12(2)9-13(3)11-14/h9-11,15H,4-8H2,1-3H3,(H,18,21)/t15-/m0/s1. The second kappa shape index (κ2) is 7.29. The Hall–Kier alpha value is -2.04. The number of benzene rings is 1. The van der Waals surface area contributed by atoms with Gasteiger partial charge < -0.3 is 10.1 Å². The summed E-state index contributed by atoms with van der Waals surface area (Å²) in [7, 11) is 0. The first-order valence-electron chi connectivity index (χ1n) is 7.84. The predicted octanol–water partition coefficient (Wildman–Crippen LogP) is 2.79. The van der Waals surface area contributed by atoms with Crippen LogP contribution in [0.15, 0.2) is 18.2 Å². The molecule has 1 N–H and O–H groups in total. The molecule has 0 bridgehead atoms. The maximum absolute atomic E-state index is 12.1. The highest BCUT2D eigenvalue weighted by Crippen LogP contribution is 2.17. The van der Waals surface area contributed by atoms with Crippen LogP contribution in [0.3, 0.4) is 0 Å². The molecule has 1 saturated heterocycles. The van der Waals surface area contributed by atoms with Crippen LogP contribution in [-0.4, -0.2) is 36.0 Å². The number of carbonyl (C=O) groups is 2. The van der Waals surface area contributed by atoms with E-state index in [0.29, 0.717) is 26.0 Å². The van der Waals surface area contributed by atoms with Crippen molar-refractivity contribution in [2.75, 3.05) is 13.2 Å². The molecule has 1 aromatic rings. The minimum absolute atomic E-state index is 0.113. The van der Waals surface area contributed by atoms with Gasteiger partial charge in [0, 0.05) is 6.54 Å². The van der Waals surface area contributed by atoms with E-state index in [0.717, 1.165) is 23.3 Å². The summed E-state index contributed by atoms with van der Waals surface area (Å²) in [6.45, 7) is 6.94. The molecular weight excluding hydrogens is 280 g/mol. The summed E-state index contributed by atoms with van der Waals surface area (Å²) < 4.78 is 5.70. The lowest BCUT2D eigenvalue weighted by molar-refractivity contribution is -0.127. The molecule has 0 radical (unpaired) electrons. The van der Waals surface area contributed by atoms with Gasteiger partial charge in [-0.15, -0.1) is 0 Å². The molecular formula is C17H24N2O3. The molecule has 0 saturated carbocycles. The van der Waals surface area contributed by atoms with Crippen LogP contribution in [0.5, 0.6) is 5.75 Å². The van der Waals surface area contributed by atoms with E-state index in [2.05, 4.69) is 11.4 Å². The highest BCUT2D eigenvalue weighted by Gasteiger charge is 2.36. The zero-order valence-electron chi connectivity index (χ0n) is 13.5. The van der Waals surface area contributed by atoms with E-state index in [1.54, 1.807) is 0 Å². The summed E-state index contributed by atoms with van der Waals surface area (Å²) in [5.74, 6) is 0.719. The van der Waals surface area contributed by atoms with Crippen molar-refractivity contribution < 1.29 is 14.3 Å². The van der Waals surface area contributed by atoms with Crippen LogP contribution in [0.2, 0.25) is 0 Å². The average molecular weight is 304 g/mol. The minimum Gasteiger partial charge on any atom is -0.494 e. The molecule has 1 atom stereocenters. The monoisotopic (exact) mass is 304 g/mol. The first-order chi connectivity index (χ1) is 10.5. The van der Waals surface area contributed by atoms with Crippen LogP contribution in [0.25, 0.3) is 0 Å². The summed E-state index contributed by atoms with van der Waals surface area (Å²) in [6.07, 6.45) is 2.20. The molecule has 1 aliphatic heterocycles. The normalized spacial score (nSPS) is 17.8. The molecule has 5 nitrogen and oxygen atoms in total. The number of carbonyl (C=O) groups excluding carboxylic acids is 2. The largest absolute Gasteiger partial charge is 0.494 e. The maximum Gasteiger partial charge on any atom is 0.324 e. The quantitative estimate of drug-likeness (QED) is 0.622. The molecule has 1 aromatic carbocycles. The molecule has 0 spiro atoms. The average Bonchev–Trinajstić information content (AvgIpc) is 2.70. The second-order valence-corrected chi connectivity index (χ2v) is 5.81. The summed E-state index contributed by atoms with van der Waals surface area (Å²) in [5, 5.41) is 2.72. The fourth-order valence-corrected chi connectivity index (χ4v) is 2.70. The summed E-state index contributed by atoms with van der Waals surface area (Å²) in [4.78, 5) is 25.1. The third kappa shape index (κ3) is 4.00. The van der Waals surface area contributed by atoms with Crippen molar-refractivity contribution in [1.82, 2.24) is 10.2 Å². The minimum atomic E-state index is -0.349. The second-order valence-electron chi connectivity index (χ2n) is 5.81. The van der Waals surface area contributed by atoms with Gasteiger partial charge >= 0.3 is 6.03 Å². The van der Waals surface area contributed by atoms with Crippen molar-refractivity contribution in [1.29, 1.82) is 0 Å². The Bertz CT molecular complexity index is 537. The van der Waals surface area contributed by atoms with E-state index < -0.39 is 0 Å². The molecule has 120 valence electrons. The Morgan fingerprint density at radius 1 is 1.18 bits per heavy atom. The number of imide groups is 1. The number of nitrogens with one attached hydrogen (secondary N) is 1. The van der Waals surface area contributed by atoms with Gasteiger partial charge in [-0.2, -0.15) is 0 Å². The highest BCUT2D eigenvalue weighted by atomic mass is 16.5. The van der Waals surface area contributed by atoms with Crippen LogP contribution in [-0.2, 0) is 4.79 Å². The van der Waals surface area contributed by atoms with Crippen LogP contribution < -0.4 is 10.1 Å². The van der Waals surface area contributed by atoms with Gasteiger partial charge in [-0.05, 0) is 49.9 Å². The molecule has 5 heteroatoms. The molecule has 22 heavy (non-hydrogen) atoms. The lowest BCUT2D eigenvalue weighted by Crippen LogP contribution is -2.33. The fraction of sp³-hybridized carbons (Fsp3) is 0.529. The number of nitrogens with zero attached hydrogens (tertiary/aromatic N) is 1. The van der Waals surface area contributed by atoms with E-state index in [4.69, 9.17) is 4.74 Å². The third-order valence-corrected chi connectivity index (χ3v) is 3.67. The Morgan fingerprint density at radius 3 is 2.50 bits per heavy atom. The topological polar surface area (TPSA) is 58.6 Å². The zero-order chi connectivity index (χ0) is 16.1. The SMILES string of the molecule is CCC[C@@H]1NC(=O)N(CCCOc2cc(C)cc(C)c2)C1=O. The number of hydrogen-bond acceptors (Lipinski definition) is 3. The molecule has 3 amide bonds. The molecule has 0 unspecified atom stereocenters. The molecule has 1 aliphatic rings. The number of urea groups is 1. The Labute approximate surface area is 131 Å². The van der Waals surface area contributed by atoms with Crippen LogP contribution >= 0.6 is 0 Å². The van der Waals surface area contributed by atoms with Gasteiger partial charge in [-0.3, -0.25) is 9.69 Å². The Balaban J connectivity index is 1.79. The van der Waals surface area contributed by atoms with Crippen LogP contribution in [0, 0.1) is 13.8 Å². The molecule has 0 aromatic heterocycles. The highest BCUT2D eigenvalue weighted by molar-refractivity contribution is 6.04. The summed E-state index contributed by atoms with van der Waals surface area (Å²) in [6, 6.07) is 5.43. The summed E-state index contributed by atoms with van der Waals surface area (Å²) in [5.41, 5.74) is 2.32. The predicted molar refractivity (Wildman–Crippen MR) is 85.0 cm³/mol. The van der Waals surface area contributed by atoms with Gasteiger partial charge in [-0.1, -0.05) is 19.4 Å². The fourth-order valence-electron chi connectivity index (χ4n) is 2.70. The molecule has 1 heterocycles. The lowest BCUT2D eigenvalue weighted by Gasteiger charge is -2.13. The molecule has 1 fully saturated rings. The van der Waals surface area contributed by atoms with Gasteiger partial charge in [0.1, 0.15) is 11.8 Å². The van der Waals surface area contributed by atoms with Gasteiger partial charge in [0.05, 0.1) is 6.61 Å². The van der Waals surface area contributed by atoms with Crippen LogP contribution in [0.1, 0.15) is 37.3 Å². The third-order valence-electron chi connectivity index (χ3n) is 3.67. The van der Waals surface area contributed by atoms with Crippen LogP contribution in [0.4, 0.5) is 4.79 Å². The number of aryl methyl sites for hydroxylation is 2. The van der Waals surface area contributed by atoms with E-state index in [1.165, 1.54) is 4.90 Å². The number of amides is 3. The van der Waals surface area contributed by atoms with E-state index in [1.807, 2.05) is 32.9 Å². The van der Waals surface area contributed by atoms with Gasteiger partial charge in [0.15, 0.2) is 0 Å². The van der Waals surface area contributed by atoms with Crippen molar-refractivity contribution in [3.05, 3.63) is 29.3 Å². The van der Waals surface area contributed by atoms with E-state index in [9.17, 15) is 9.59 Å². The Kier molecular flexibility index (Phi) is 5.41. The van der Waals surface area contributed by atoms with Gasteiger partial charge in [0.25, 0.3) is 5.91 Å². The van der Waals surface area contributed by atoms with Crippen molar-refractivity contribution in [3.8, 4) is 5.75 Å². The zero-order valence-corrected chi connectivity index (χ0v) is 13.5.